The summed E-state index contributed by atoms with van der Waals surface area (Å²) in [5.74, 6) is 0. The van der Waals surface area contributed by atoms with E-state index in [4.69, 9.17) is 0 Å². The molecule has 5 rings (SSSR count). The van der Waals surface area contributed by atoms with Crippen LogP contribution < -0.4 is 10.3 Å². The summed E-state index contributed by atoms with van der Waals surface area (Å²) in [6.07, 6.45) is 6.90. The first-order valence-electron chi connectivity index (χ1n) is 9.29. The molecule has 0 saturated carbocycles. The minimum atomic E-state index is -0.0203. The van der Waals surface area contributed by atoms with E-state index >= 15 is 0 Å². The lowest BCUT2D eigenvalue weighted by Gasteiger charge is -2.27. The fraction of sp³-hybridized carbons (Fsp3) is 0.381. The van der Waals surface area contributed by atoms with E-state index in [1.807, 2.05) is 24.2 Å². The molecular weight excluding hydrogens is 310 g/mol. The number of hydrazine groups is 1. The Morgan fingerprint density at radius 2 is 1.64 bits per heavy atom. The second-order valence-electron chi connectivity index (χ2n) is 7.37. The van der Waals surface area contributed by atoms with Crippen LogP contribution in [0.5, 0.6) is 0 Å². The van der Waals surface area contributed by atoms with Crippen molar-refractivity contribution in [3.8, 4) is 0 Å². The van der Waals surface area contributed by atoms with Crippen molar-refractivity contribution in [3.63, 3.8) is 0 Å². The van der Waals surface area contributed by atoms with Crippen LogP contribution in [0, 0.1) is 0 Å². The smallest absolute Gasteiger partial charge is 0.306 e. The van der Waals surface area contributed by atoms with Gasteiger partial charge in [-0.3, -0.25) is 5.01 Å². The zero-order chi connectivity index (χ0) is 17.0. The lowest BCUT2D eigenvalue weighted by atomic mass is 9.99. The monoisotopic (exact) mass is 333 g/mol. The van der Waals surface area contributed by atoms with E-state index in [9.17, 15) is 4.79 Å². The lowest BCUT2D eigenvalue weighted by Crippen LogP contribution is -2.42. The number of urea groups is 1. The Hall–Kier alpha value is -2.49. The fourth-order valence-corrected chi connectivity index (χ4v) is 4.70. The molecule has 0 spiro atoms. The van der Waals surface area contributed by atoms with Crippen LogP contribution in [0.1, 0.15) is 40.7 Å². The van der Waals surface area contributed by atoms with Crippen LogP contribution in [0.2, 0.25) is 0 Å². The van der Waals surface area contributed by atoms with E-state index in [1.54, 1.807) is 5.01 Å². The first-order chi connectivity index (χ1) is 12.2. The zero-order valence-electron chi connectivity index (χ0n) is 14.6. The highest BCUT2D eigenvalue weighted by Crippen LogP contribution is 2.39. The molecule has 128 valence electrons. The van der Waals surface area contributed by atoms with Gasteiger partial charge in [0.2, 0.25) is 0 Å². The van der Waals surface area contributed by atoms with E-state index in [0.29, 0.717) is 6.54 Å². The predicted octanol–water partition coefficient (Wildman–Crippen LogP) is 4.06. The highest BCUT2D eigenvalue weighted by Gasteiger charge is 2.30. The van der Waals surface area contributed by atoms with Gasteiger partial charge >= 0.3 is 6.03 Å². The third-order valence-electron chi connectivity index (χ3n) is 5.96. The van der Waals surface area contributed by atoms with Crippen LogP contribution in [0.4, 0.5) is 16.2 Å². The van der Waals surface area contributed by atoms with Crippen LogP contribution in [0.25, 0.3) is 0 Å². The van der Waals surface area contributed by atoms with E-state index in [0.717, 1.165) is 37.1 Å². The van der Waals surface area contributed by atoms with E-state index in [1.165, 1.54) is 40.7 Å². The van der Waals surface area contributed by atoms with Crippen molar-refractivity contribution in [1.82, 2.24) is 5.01 Å². The van der Waals surface area contributed by atoms with Crippen LogP contribution in [-0.2, 0) is 32.2 Å². The maximum atomic E-state index is 13.1. The largest absolute Gasteiger partial charge is 0.340 e. The van der Waals surface area contributed by atoms with Gasteiger partial charge in [0.05, 0.1) is 12.2 Å². The summed E-state index contributed by atoms with van der Waals surface area (Å²) in [5, 5.41) is 7.07. The highest BCUT2D eigenvalue weighted by atomic mass is 16.2. The summed E-state index contributed by atoms with van der Waals surface area (Å²) in [6, 6.07) is 10.6. The van der Waals surface area contributed by atoms with Gasteiger partial charge in [-0.15, -0.1) is 0 Å². The molecule has 25 heavy (non-hydrogen) atoms. The Balaban J connectivity index is 1.47. The van der Waals surface area contributed by atoms with Gasteiger partial charge in [-0.1, -0.05) is 24.3 Å². The summed E-state index contributed by atoms with van der Waals surface area (Å²) in [4.78, 5) is 13.1. The number of benzene rings is 2. The van der Waals surface area contributed by atoms with E-state index in [-0.39, 0.29) is 6.03 Å². The van der Waals surface area contributed by atoms with Crippen LogP contribution in [-0.4, -0.2) is 18.1 Å². The number of carbonyl (C=O) groups excluding carboxylic acids is 1. The minimum Gasteiger partial charge on any atom is -0.306 e. The number of hydrogen-bond acceptors (Lipinski definition) is 2. The fourth-order valence-electron chi connectivity index (χ4n) is 4.70. The number of nitrogens with zero attached hydrogens (tertiary/aromatic N) is 2. The highest BCUT2D eigenvalue weighted by molar-refractivity contribution is 5.93. The van der Waals surface area contributed by atoms with Gasteiger partial charge in [0.1, 0.15) is 0 Å². The zero-order valence-corrected chi connectivity index (χ0v) is 14.6. The number of fused-ring (bicyclic) bond motifs is 3. The summed E-state index contributed by atoms with van der Waals surface area (Å²) in [5.41, 5.74) is 9.10. The minimum absolute atomic E-state index is 0.0203. The third-order valence-corrected chi connectivity index (χ3v) is 5.96. The van der Waals surface area contributed by atoms with Gasteiger partial charge in [-0.05, 0) is 72.4 Å². The number of para-hydroxylation sites is 1. The van der Waals surface area contributed by atoms with Crippen LogP contribution in [0.3, 0.4) is 0 Å². The summed E-state index contributed by atoms with van der Waals surface area (Å²) < 4.78 is 0. The van der Waals surface area contributed by atoms with Crippen LogP contribution >= 0.6 is 0 Å². The van der Waals surface area contributed by atoms with Crippen molar-refractivity contribution in [2.24, 2.45) is 0 Å². The van der Waals surface area contributed by atoms with E-state index < -0.39 is 0 Å². The lowest BCUT2D eigenvalue weighted by molar-refractivity contribution is 0.211. The molecule has 1 N–H and O–H groups in total. The summed E-state index contributed by atoms with van der Waals surface area (Å²) in [6.45, 7) is 0.635. The first kappa shape index (κ1) is 14.8. The maximum Gasteiger partial charge on any atom is 0.340 e. The number of anilines is 2. The molecule has 4 heteroatoms. The Morgan fingerprint density at radius 3 is 2.32 bits per heavy atom. The second kappa shape index (κ2) is 5.51. The Bertz CT molecular complexity index is 841. The van der Waals surface area contributed by atoms with Gasteiger partial charge < -0.3 is 5.32 Å². The first-order valence-corrected chi connectivity index (χ1v) is 9.29. The Labute approximate surface area is 148 Å². The normalized spacial score (nSPS) is 17.5. The molecule has 4 nitrogen and oxygen atoms in total. The Kier molecular flexibility index (Phi) is 3.27. The second-order valence-corrected chi connectivity index (χ2v) is 7.37. The molecule has 0 radical (unpaired) electrons. The number of rotatable bonds is 1. The molecule has 2 aromatic rings. The molecule has 0 bridgehead atoms. The number of carbonyl (C=O) groups is 1. The third kappa shape index (κ3) is 2.24. The molecule has 2 aliphatic carbocycles. The molecule has 0 atom stereocenters. The van der Waals surface area contributed by atoms with Crippen molar-refractivity contribution in [1.29, 1.82) is 0 Å². The molecule has 0 unspecified atom stereocenters. The topological polar surface area (TPSA) is 35.6 Å². The van der Waals surface area contributed by atoms with Crippen molar-refractivity contribution >= 4 is 17.4 Å². The van der Waals surface area contributed by atoms with Gasteiger partial charge in [-0.25, -0.2) is 9.80 Å². The molecule has 2 aromatic carbocycles. The molecule has 0 saturated heterocycles. The molecule has 3 aliphatic rings. The van der Waals surface area contributed by atoms with Crippen molar-refractivity contribution in [2.75, 3.05) is 17.4 Å². The number of nitrogens with one attached hydrogen (secondary N) is 1. The van der Waals surface area contributed by atoms with Crippen molar-refractivity contribution in [2.45, 2.75) is 45.1 Å². The van der Waals surface area contributed by atoms with E-state index in [2.05, 4.69) is 23.5 Å². The molecule has 2 amide bonds. The van der Waals surface area contributed by atoms with Crippen molar-refractivity contribution in [3.05, 3.63) is 58.1 Å². The van der Waals surface area contributed by atoms with Gasteiger partial charge in [0, 0.05) is 12.7 Å². The van der Waals surface area contributed by atoms with Crippen LogP contribution in [0.15, 0.2) is 30.3 Å². The number of hydrogen-bond donors (Lipinski definition) is 1. The van der Waals surface area contributed by atoms with Gasteiger partial charge in [-0.2, -0.15) is 0 Å². The Morgan fingerprint density at radius 1 is 0.960 bits per heavy atom. The molecule has 1 heterocycles. The summed E-state index contributed by atoms with van der Waals surface area (Å²) in [7, 11) is 1.96. The molecule has 0 fully saturated rings. The maximum absolute atomic E-state index is 13.1. The molecule has 1 aliphatic heterocycles. The predicted molar refractivity (Wildman–Crippen MR) is 99.9 cm³/mol. The SMILES string of the molecule is CN1c2ccccc2CN1C(=O)Nc1c2c(cc3c1CCC3)CCC2. The molecular formula is C21H23N3O. The number of aryl methyl sites for hydroxylation is 2. The number of amides is 2. The van der Waals surface area contributed by atoms with Gasteiger partial charge in [0.25, 0.3) is 0 Å². The summed E-state index contributed by atoms with van der Waals surface area (Å²) >= 11 is 0. The molecule has 0 aromatic heterocycles. The standard InChI is InChI=1S/C21H23N3O/c1-23-19-11-3-2-6-16(19)13-24(23)21(25)22-20-17-9-4-7-14(17)12-15-8-5-10-18(15)20/h2-3,6,11-12H,4-5,7-10,13H2,1H3,(H,22,25). The quantitative estimate of drug-likeness (QED) is 0.854. The van der Waals surface area contributed by atoms with Gasteiger partial charge in [0.15, 0.2) is 0 Å². The average Bonchev–Trinajstić information content (AvgIpc) is 3.33. The van der Waals surface area contributed by atoms with Crippen molar-refractivity contribution < 1.29 is 4.79 Å². The average molecular weight is 333 g/mol.